The average molecular weight is 228 g/mol. The standard InChI is InChI=1S/C14H12O3/c15-14(17-9-13-8-16-13)12-6-5-10-3-1-2-4-11(10)7-12/h1-7,13H,8-9H2. The van der Waals surface area contributed by atoms with E-state index in [0.717, 1.165) is 10.8 Å². The van der Waals surface area contributed by atoms with Crippen molar-refractivity contribution < 1.29 is 14.3 Å². The highest BCUT2D eigenvalue weighted by molar-refractivity contribution is 5.95. The van der Waals surface area contributed by atoms with Crippen LogP contribution in [0.1, 0.15) is 10.4 Å². The molecule has 0 radical (unpaired) electrons. The summed E-state index contributed by atoms with van der Waals surface area (Å²) < 4.78 is 10.1. The molecule has 3 nitrogen and oxygen atoms in total. The van der Waals surface area contributed by atoms with Gasteiger partial charge in [0.15, 0.2) is 0 Å². The molecule has 0 aromatic heterocycles. The summed E-state index contributed by atoms with van der Waals surface area (Å²) in [5.74, 6) is -0.286. The van der Waals surface area contributed by atoms with Crippen LogP contribution < -0.4 is 0 Å². The SMILES string of the molecule is O=C(OCC1CO1)c1ccc2ccccc2c1. The zero-order chi connectivity index (χ0) is 11.7. The Morgan fingerprint density at radius 1 is 1.24 bits per heavy atom. The first-order valence-corrected chi connectivity index (χ1v) is 5.60. The van der Waals surface area contributed by atoms with Crippen molar-refractivity contribution in [2.24, 2.45) is 0 Å². The Kier molecular flexibility index (Phi) is 2.53. The zero-order valence-corrected chi connectivity index (χ0v) is 9.26. The van der Waals surface area contributed by atoms with Crippen LogP contribution in [-0.4, -0.2) is 25.3 Å². The summed E-state index contributed by atoms with van der Waals surface area (Å²) in [6, 6.07) is 13.5. The summed E-state index contributed by atoms with van der Waals surface area (Å²) in [7, 11) is 0. The van der Waals surface area contributed by atoms with Gasteiger partial charge in [-0.25, -0.2) is 4.79 Å². The topological polar surface area (TPSA) is 38.8 Å². The summed E-state index contributed by atoms with van der Waals surface area (Å²) >= 11 is 0. The van der Waals surface area contributed by atoms with Crippen LogP contribution in [0.25, 0.3) is 10.8 Å². The minimum absolute atomic E-state index is 0.111. The van der Waals surface area contributed by atoms with E-state index in [-0.39, 0.29) is 12.1 Å². The highest BCUT2D eigenvalue weighted by atomic mass is 16.6. The lowest BCUT2D eigenvalue weighted by molar-refractivity contribution is 0.0477. The molecule has 1 atom stereocenters. The van der Waals surface area contributed by atoms with E-state index in [1.165, 1.54) is 0 Å². The van der Waals surface area contributed by atoms with Gasteiger partial charge in [-0.2, -0.15) is 0 Å². The summed E-state index contributed by atoms with van der Waals surface area (Å²) in [6.07, 6.45) is 0.111. The molecule has 1 aliphatic heterocycles. The highest BCUT2D eigenvalue weighted by Crippen LogP contribution is 2.17. The fraction of sp³-hybridized carbons (Fsp3) is 0.214. The molecule has 1 unspecified atom stereocenters. The molecule has 3 heteroatoms. The third kappa shape index (κ3) is 2.29. The zero-order valence-electron chi connectivity index (χ0n) is 9.26. The van der Waals surface area contributed by atoms with Crippen molar-refractivity contribution in [3.8, 4) is 0 Å². The summed E-state index contributed by atoms with van der Waals surface area (Å²) in [5, 5.41) is 2.17. The van der Waals surface area contributed by atoms with Crippen molar-refractivity contribution in [2.45, 2.75) is 6.10 Å². The van der Waals surface area contributed by atoms with Gasteiger partial charge in [0.1, 0.15) is 12.7 Å². The summed E-state index contributed by atoms with van der Waals surface area (Å²) in [4.78, 5) is 11.7. The normalized spacial score (nSPS) is 18.0. The van der Waals surface area contributed by atoms with Gasteiger partial charge in [0, 0.05) is 0 Å². The first kappa shape index (κ1) is 10.3. The van der Waals surface area contributed by atoms with E-state index in [1.54, 1.807) is 6.07 Å². The molecule has 86 valence electrons. The summed E-state index contributed by atoms with van der Waals surface area (Å²) in [6.45, 7) is 1.05. The molecule has 0 bridgehead atoms. The lowest BCUT2D eigenvalue weighted by atomic mass is 10.1. The molecule has 0 spiro atoms. The second kappa shape index (κ2) is 4.18. The van der Waals surface area contributed by atoms with Gasteiger partial charge < -0.3 is 9.47 Å². The molecule has 1 heterocycles. The number of rotatable bonds is 3. The fourth-order valence-electron chi connectivity index (χ4n) is 1.73. The van der Waals surface area contributed by atoms with Crippen molar-refractivity contribution in [1.29, 1.82) is 0 Å². The van der Waals surface area contributed by atoms with E-state index < -0.39 is 0 Å². The van der Waals surface area contributed by atoms with E-state index in [9.17, 15) is 4.79 Å². The van der Waals surface area contributed by atoms with Crippen molar-refractivity contribution >= 4 is 16.7 Å². The molecule has 17 heavy (non-hydrogen) atoms. The molecule has 0 amide bonds. The third-order valence-corrected chi connectivity index (χ3v) is 2.79. The molecular formula is C14H12O3. The van der Waals surface area contributed by atoms with Gasteiger partial charge >= 0.3 is 5.97 Å². The Labute approximate surface area is 99.0 Å². The maximum atomic E-state index is 11.7. The van der Waals surface area contributed by atoms with E-state index in [1.807, 2.05) is 36.4 Å². The molecule has 1 fully saturated rings. The number of carbonyl (C=O) groups is 1. The fourth-order valence-corrected chi connectivity index (χ4v) is 1.73. The second-order valence-corrected chi connectivity index (χ2v) is 4.12. The number of esters is 1. The first-order valence-electron chi connectivity index (χ1n) is 5.60. The van der Waals surface area contributed by atoms with Crippen molar-refractivity contribution in [2.75, 3.05) is 13.2 Å². The minimum atomic E-state index is -0.286. The molecule has 0 saturated carbocycles. The number of hydrogen-bond acceptors (Lipinski definition) is 3. The van der Waals surface area contributed by atoms with Crippen LogP contribution >= 0.6 is 0 Å². The summed E-state index contributed by atoms with van der Waals surface area (Å²) in [5.41, 5.74) is 0.587. The van der Waals surface area contributed by atoms with Crippen molar-refractivity contribution in [3.63, 3.8) is 0 Å². The Hall–Kier alpha value is -1.87. The van der Waals surface area contributed by atoms with Crippen LogP contribution in [0.15, 0.2) is 42.5 Å². The Bertz CT molecular complexity index is 558. The lowest BCUT2D eigenvalue weighted by Gasteiger charge is -2.04. The largest absolute Gasteiger partial charge is 0.459 e. The predicted molar refractivity (Wildman–Crippen MR) is 64.0 cm³/mol. The predicted octanol–water partition coefficient (Wildman–Crippen LogP) is 2.40. The molecule has 2 aromatic carbocycles. The number of carbonyl (C=O) groups excluding carboxylic acids is 1. The third-order valence-electron chi connectivity index (χ3n) is 2.79. The van der Waals surface area contributed by atoms with Gasteiger partial charge in [-0.1, -0.05) is 30.3 Å². The number of fused-ring (bicyclic) bond motifs is 1. The maximum absolute atomic E-state index is 11.7. The first-order chi connectivity index (χ1) is 8.33. The number of ether oxygens (including phenoxy) is 2. The Morgan fingerprint density at radius 3 is 2.76 bits per heavy atom. The maximum Gasteiger partial charge on any atom is 0.338 e. The monoisotopic (exact) mass is 228 g/mol. The minimum Gasteiger partial charge on any atom is -0.459 e. The molecule has 1 aliphatic rings. The van der Waals surface area contributed by atoms with E-state index in [2.05, 4.69) is 0 Å². The highest BCUT2D eigenvalue weighted by Gasteiger charge is 2.24. The van der Waals surface area contributed by atoms with E-state index in [4.69, 9.17) is 9.47 Å². The van der Waals surface area contributed by atoms with Gasteiger partial charge in [0.25, 0.3) is 0 Å². The van der Waals surface area contributed by atoms with Crippen LogP contribution in [-0.2, 0) is 9.47 Å². The second-order valence-electron chi connectivity index (χ2n) is 4.12. The van der Waals surface area contributed by atoms with E-state index in [0.29, 0.717) is 18.8 Å². The Morgan fingerprint density at radius 2 is 2.00 bits per heavy atom. The number of epoxide rings is 1. The molecule has 0 N–H and O–H groups in total. The van der Waals surface area contributed by atoms with Crippen LogP contribution in [0.3, 0.4) is 0 Å². The van der Waals surface area contributed by atoms with Crippen LogP contribution in [0.5, 0.6) is 0 Å². The Balaban J connectivity index is 1.81. The van der Waals surface area contributed by atoms with Crippen LogP contribution in [0.2, 0.25) is 0 Å². The molecule has 1 saturated heterocycles. The van der Waals surface area contributed by atoms with Gasteiger partial charge in [-0.15, -0.1) is 0 Å². The van der Waals surface area contributed by atoms with Crippen LogP contribution in [0.4, 0.5) is 0 Å². The molecule has 2 aromatic rings. The van der Waals surface area contributed by atoms with Gasteiger partial charge in [-0.05, 0) is 22.9 Å². The van der Waals surface area contributed by atoms with Gasteiger partial charge in [-0.3, -0.25) is 0 Å². The average Bonchev–Trinajstić information content (AvgIpc) is 3.19. The molecular weight excluding hydrogens is 216 g/mol. The number of benzene rings is 2. The lowest BCUT2D eigenvalue weighted by Crippen LogP contribution is -2.09. The van der Waals surface area contributed by atoms with Gasteiger partial charge in [0.2, 0.25) is 0 Å². The van der Waals surface area contributed by atoms with Gasteiger partial charge in [0.05, 0.1) is 12.2 Å². The smallest absolute Gasteiger partial charge is 0.338 e. The van der Waals surface area contributed by atoms with Crippen molar-refractivity contribution in [3.05, 3.63) is 48.0 Å². The number of hydrogen-bond donors (Lipinski definition) is 0. The molecule has 0 aliphatic carbocycles. The molecule has 3 rings (SSSR count). The van der Waals surface area contributed by atoms with E-state index >= 15 is 0 Å². The van der Waals surface area contributed by atoms with Crippen molar-refractivity contribution in [1.82, 2.24) is 0 Å². The quantitative estimate of drug-likeness (QED) is 0.598. The van der Waals surface area contributed by atoms with Crippen LogP contribution in [0, 0.1) is 0 Å².